The van der Waals surface area contributed by atoms with Crippen LogP contribution in [0.2, 0.25) is 0 Å². The van der Waals surface area contributed by atoms with Gasteiger partial charge in [-0.05, 0) is 18.9 Å². The molecule has 0 radical (unpaired) electrons. The number of benzene rings is 1. The second-order valence-corrected chi connectivity index (χ2v) is 3.87. The van der Waals surface area contributed by atoms with Crippen LogP contribution in [0.25, 0.3) is 0 Å². The molecule has 0 saturated carbocycles. The zero-order valence-electron chi connectivity index (χ0n) is 7.06. The van der Waals surface area contributed by atoms with Gasteiger partial charge >= 0.3 is 0 Å². The van der Waals surface area contributed by atoms with Gasteiger partial charge in [0, 0.05) is 5.88 Å². The highest BCUT2D eigenvalue weighted by molar-refractivity contribution is 6.28. The first-order valence-corrected chi connectivity index (χ1v) is 4.95. The molecule has 0 fully saturated rings. The van der Waals surface area contributed by atoms with Crippen LogP contribution >= 0.6 is 23.2 Å². The van der Waals surface area contributed by atoms with Crippen LogP contribution in [0.5, 0.6) is 0 Å². The summed E-state index contributed by atoms with van der Waals surface area (Å²) >= 11 is 11.5. The summed E-state index contributed by atoms with van der Waals surface area (Å²) in [6.07, 6.45) is 0.853. The topological polar surface area (TPSA) is 0 Å². The predicted octanol–water partition coefficient (Wildman–Crippen LogP) is 3.38. The second-order valence-electron chi connectivity index (χ2n) is 2.94. The fraction of sp³-hybridized carbons (Fsp3) is 0.400. The number of hydrogen-bond acceptors (Lipinski definition) is 0. The van der Waals surface area contributed by atoms with Gasteiger partial charge in [0.1, 0.15) is 0 Å². The summed E-state index contributed by atoms with van der Waals surface area (Å²) in [4.78, 5) is 0. The zero-order chi connectivity index (χ0) is 8.97. The Morgan fingerprint density at radius 2 is 1.83 bits per heavy atom. The quantitative estimate of drug-likeness (QED) is 0.660. The van der Waals surface area contributed by atoms with Gasteiger partial charge in [0.05, 0.1) is 5.38 Å². The Morgan fingerprint density at radius 1 is 1.25 bits per heavy atom. The molecule has 0 nitrogen and oxygen atoms in total. The molecule has 2 heteroatoms. The lowest BCUT2D eigenvalue weighted by atomic mass is 10.1. The van der Waals surface area contributed by atoms with E-state index in [1.54, 1.807) is 0 Å². The average Bonchev–Trinajstić information content (AvgIpc) is 2.09. The van der Waals surface area contributed by atoms with Gasteiger partial charge in [0.25, 0.3) is 0 Å². The number of hydrogen-bond donors (Lipinski definition) is 0. The SMILES string of the molecule is Cc1ccc(CC(Cl)CCl)cc1. The van der Waals surface area contributed by atoms with Gasteiger partial charge in [0.2, 0.25) is 0 Å². The molecular weight excluding hydrogens is 191 g/mol. The Labute approximate surface area is 83.5 Å². The molecule has 1 aromatic carbocycles. The van der Waals surface area contributed by atoms with Gasteiger partial charge in [-0.3, -0.25) is 0 Å². The van der Waals surface area contributed by atoms with E-state index in [0.717, 1.165) is 6.42 Å². The van der Waals surface area contributed by atoms with E-state index in [-0.39, 0.29) is 5.38 Å². The van der Waals surface area contributed by atoms with Crippen molar-refractivity contribution in [2.24, 2.45) is 0 Å². The summed E-state index contributed by atoms with van der Waals surface area (Å²) in [5.74, 6) is 0.509. The third-order valence-electron chi connectivity index (χ3n) is 1.75. The van der Waals surface area contributed by atoms with Crippen molar-refractivity contribution in [3.63, 3.8) is 0 Å². The van der Waals surface area contributed by atoms with Crippen LogP contribution in [0.15, 0.2) is 24.3 Å². The molecule has 0 saturated heterocycles. The van der Waals surface area contributed by atoms with Crippen molar-refractivity contribution in [2.75, 3.05) is 5.88 Å². The summed E-state index contributed by atoms with van der Waals surface area (Å²) in [5, 5.41) is 0.0503. The maximum atomic E-state index is 5.91. The van der Waals surface area contributed by atoms with E-state index in [1.165, 1.54) is 11.1 Å². The Balaban J connectivity index is 2.58. The van der Waals surface area contributed by atoms with E-state index in [9.17, 15) is 0 Å². The minimum absolute atomic E-state index is 0.0503. The Bertz CT molecular complexity index is 228. The van der Waals surface area contributed by atoms with Crippen molar-refractivity contribution in [3.8, 4) is 0 Å². The van der Waals surface area contributed by atoms with Crippen molar-refractivity contribution in [3.05, 3.63) is 35.4 Å². The second kappa shape index (κ2) is 4.74. The molecule has 1 unspecified atom stereocenters. The van der Waals surface area contributed by atoms with Crippen LogP contribution in [-0.4, -0.2) is 11.3 Å². The molecule has 0 aliphatic carbocycles. The molecule has 0 aliphatic rings. The van der Waals surface area contributed by atoms with E-state index in [2.05, 4.69) is 31.2 Å². The highest BCUT2D eigenvalue weighted by Gasteiger charge is 2.02. The summed E-state index contributed by atoms with van der Waals surface area (Å²) in [5.41, 5.74) is 2.52. The van der Waals surface area contributed by atoms with Gasteiger partial charge in [-0.25, -0.2) is 0 Å². The molecule has 0 N–H and O–H groups in total. The van der Waals surface area contributed by atoms with Crippen LogP contribution < -0.4 is 0 Å². The van der Waals surface area contributed by atoms with E-state index >= 15 is 0 Å². The standard InChI is InChI=1S/C10H12Cl2/c1-8-2-4-9(5-3-8)6-10(12)7-11/h2-5,10H,6-7H2,1H3. The van der Waals surface area contributed by atoms with Gasteiger partial charge < -0.3 is 0 Å². The van der Waals surface area contributed by atoms with E-state index in [4.69, 9.17) is 23.2 Å². The highest BCUT2D eigenvalue weighted by atomic mass is 35.5. The maximum absolute atomic E-state index is 5.91. The number of aryl methyl sites for hydroxylation is 1. The summed E-state index contributed by atoms with van der Waals surface area (Å²) in [6, 6.07) is 8.37. The first-order valence-electron chi connectivity index (χ1n) is 3.98. The van der Waals surface area contributed by atoms with E-state index in [1.807, 2.05) is 0 Å². The fourth-order valence-corrected chi connectivity index (χ4v) is 1.32. The Morgan fingerprint density at radius 3 is 2.33 bits per heavy atom. The lowest BCUT2D eigenvalue weighted by Gasteiger charge is -2.04. The molecular formula is C10H12Cl2. The minimum Gasteiger partial charge on any atom is -0.125 e. The van der Waals surface area contributed by atoms with Gasteiger partial charge in [-0.1, -0.05) is 29.8 Å². The maximum Gasteiger partial charge on any atom is 0.0511 e. The molecule has 0 aliphatic heterocycles. The molecule has 0 heterocycles. The van der Waals surface area contributed by atoms with Crippen LogP contribution in [0.4, 0.5) is 0 Å². The van der Waals surface area contributed by atoms with E-state index < -0.39 is 0 Å². The molecule has 0 amide bonds. The van der Waals surface area contributed by atoms with Crippen molar-refractivity contribution < 1.29 is 0 Å². The lowest BCUT2D eigenvalue weighted by molar-refractivity contribution is 0.937. The molecule has 1 rings (SSSR count). The average molecular weight is 203 g/mol. The van der Waals surface area contributed by atoms with Crippen LogP contribution in [-0.2, 0) is 6.42 Å². The third kappa shape index (κ3) is 3.04. The van der Waals surface area contributed by atoms with Gasteiger partial charge in [-0.2, -0.15) is 0 Å². The van der Waals surface area contributed by atoms with Gasteiger partial charge in [0.15, 0.2) is 0 Å². The molecule has 66 valence electrons. The molecule has 0 bridgehead atoms. The Hall–Kier alpha value is -0.200. The first-order chi connectivity index (χ1) is 5.72. The first kappa shape index (κ1) is 9.88. The lowest BCUT2D eigenvalue weighted by Crippen LogP contribution is -2.04. The van der Waals surface area contributed by atoms with Crippen LogP contribution in [0, 0.1) is 6.92 Å². The predicted molar refractivity (Wildman–Crippen MR) is 55.2 cm³/mol. The van der Waals surface area contributed by atoms with Crippen molar-refractivity contribution in [2.45, 2.75) is 18.7 Å². The Kier molecular flexibility index (Phi) is 3.90. The van der Waals surface area contributed by atoms with Gasteiger partial charge in [-0.15, -0.1) is 23.2 Å². The third-order valence-corrected chi connectivity index (χ3v) is 2.58. The van der Waals surface area contributed by atoms with Crippen LogP contribution in [0.1, 0.15) is 11.1 Å². The number of alkyl halides is 2. The van der Waals surface area contributed by atoms with Crippen LogP contribution in [0.3, 0.4) is 0 Å². The largest absolute Gasteiger partial charge is 0.125 e. The minimum atomic E-state index is 0.0503. The molecule has 1 aromatic rings. The van der Waals surface area contributed by atoms with Crippen molar-refractivity contribution >= 4 is 23.2 Å². The molecule has 1 atom stereocenters. The fourth-order valence-electron chi connectivity index (χ4n) is 1.03. The summed E-state index contributed by atoms with van der Waals surface area (Å²) in [6.45, 7) is 2.07. The molecule has 0 spiro atoms. The molecule has 12 heavy (non-hydrogen) atoms. The zero-order valence-corrected chi connectivity index (χ0v) is 8.57. The van der Waals surface area contributed by atoms with Crippen molar-refractivity contribution in [1.82, 2.24) is 0 Å². The summed E-state index contributed by atoms with van der Waals surface area (Å²) < 4.78 is 0. The molecule has 0 aromatic heterocycles. The van der Waals surface area contributed by atoms with Crippen molar-refractivity contribution in [1.29, 1.82) is 0 Å². The summed E-state index contributed by atoms with van der Waals surface area (Å²) in [7, 11) is 0. The normalized spacial score (nSPS) is 12.9. The smallest absolute Gasteiger partial charge is 0.0511 e. The number of rotatable bonds is 3. The highest BCUT2D eigenvalue weighted by Crippen LogP contribution is 2.10. The monoisotopic (exact) mass is 202 g/mol. The number of halogens is 2. The van der Waals surface area contributed by atoms with E-state index in [0.29, 0.717) is 5.88 Å².